The van der Waals surface area contributed by atoms with Crippen LogP contribution in [0.2, 0.25) is 0 Å². The molecule has 10 heavy (non-hydrogen) atoms. The van der Waals surface area contributed by atoms with Crippen molar-refractivity contribution in [2.45, 2.75) is 0 Å². The molecule has 0 aromatic rings. The average Bonchev–Trinajstić information content (AvgIpc) is 1.87. The topological polar surface area (TPSA) is 17.1 Å². The first-order valence-electron chi connectivity index (χ1n) is 2.15. The van der Waals surface area contributed by atoms with Gasteiger partial charge in [0.1, 0.15) is 0 Å². The number of rotatable bonds is 2. The van der Waals surface area contributed by atoms with Crippen LogP contribution >= 0.6 is 57.9 Å². The molecule has 0 amide bonds. The summed E-state index contributed by atoms with van der Waals surface area (Å²) < 4.78 is -0.00759. The Labute approximate surface area is 91.3 Å². The Bertz CT molecular complexity index is 182. The second-order valence-electron chi connectivity index (χ2n) is 1.02. The minimum absolute atomic E-state index is 0.00759. The van der Waals surface area contributed by atoms with E-state index in [0.29, 0.717) is 6.29 Å². The van der Waals surface area contributed by atoms with Gasteiger partial charge in [-0.1, -0.05) is 17.3 Å². The molecule has 0 aromatic heterocycles. The van der Waals surface area contributed by atoms with Gasteiger partial charge < -0.3 is 0 Å². The van der Waals surface area contributed by atoms with Crippen molar-refractivity contribution < 1.29 is 4.79 Å². The van der Waals surface area contributed by atoms with Gasteiger partial charge in [0.25, 0.3) is 0 Å². The lowest BCUT2D eigenvalue weighted by Crippen LogP contribution is -1.55. The molecule has 0 aliphatic heterocycles. The zero-order valence-corrected chi connectivity index (χ0v) is 10.8. The van der Waals surface area contributed by atoms with Crippen LogP contribution in [0.1, 0.15) is 0 Å². The minimum atomic E-state index is -0.00759. The Morgan fingerprint density at radius 3 is 2.60 bits per heavy atom. The molecule has 5 heteroatoms. The molecule has 0 radical (unpaired) electrons. The van der Waals surface area contributed by atoms with Gasteiger partial charge in [0, 0.05) is 0 Å². The Morgan fingerprint density at radius 2 is 2.10 bits per heavy atom. The van der Waals surface area contributed by atoms with Gasteiger partial charge in [-0.05, 0) is 61.5 Å². The van der Waals surface area contributed by atoms with Crippen LogP contribution in [0.5, 0.6) is 0 Å². The van der Waals surface area contributed by atoms with Gasteiger partial charge in [0.15, 0.2) is 6.29 Å². The van der Waals surface area contributed by atoms with E-state index in [9.17, 15) is 4.79 Å². The fraction of sp³-hybridized carbons (Fsp3) is 0. The van der Waals surface area contributed by atoms with Crippen LogP contribution < -0.4 is 0 Å². The number of halogens is 2. The van der Waals surface area contributed by atoms with Gasteiger partial charge in [-0.2, -0.15) is 0 Å². The van der Waals surface area contributed by atoms with Gasteiger partial charge in [-0.3, -0.25) is 4.79 Å². The molecule has 0 unspecified atom stereocenters. The first kappa shape index (κ1) is 11.2. The Morgan fingerprint density at radius 1 is 1.40 bits per heavy atom. The van der Waals surface area contributed by atoms with E-state index < -0.39 is 0 Å². The largest absolute Gasteiger partial charge is 0.289 e. The van der Waals surface area contributed by atoms with E-state index in [2.05, 4.69) is 55.9 Å². The van der Waals surface area contributed by atoms with Crippen LogP contribution in [0.25, 0.3) is 0 Å². The van der Waals surface area contributed by atoms with E-state index in [1.54, 1.807) is 17.5 Å². The summed E-state index contributed by atoms with van der Waals surface area (Å²) >= 11 is 6.42. The minimum Gasteiger partial charge on any atom is -0.289 e. The van der Waals surface area contributed by atoms with Gasteiger partial charge in [0.2, 0.25) is 0 Å². The van der Waals surface area contributed by atoms with E-state index in [1.165, 1.54) is 0 Å². The second kappa shape index (κ2) is 8.31. The zero-order valence-electron chi connectivity index (χ0n) is 4.75. The quantitative estimate of drug-likeness (QED) is 0.308. The standard InChI is InChI=1S/C5H3I2OPS/c6-9(7)10-5-3-1-2-4-8/h3-5H/b5-3-. The molecule has 0 saturated carbocycles. The predicted octanol–water partition coefficient (Wildman–Crippen LogP) is 3.53. The smallest absolute Gasteiger partial charge is 0.193 e. The van der Waals surface area contributed by atoms with Gasteiger partial charge in [0.05, 0.1) is 2.41 Å². The third-order valence-electron chi connectivity index (χ3n) is 0.434. The third-order valence-corrected chi connectivity index (χ3v) is 5.79. The summed E-state index contributed by atoms with van der Waals surface area (Å²) in [6.45, 7) is 0. The van der Waals surface area contributed by atoms with E-state index in [0.717, 1.165) is 0 Å². The van der Waals surface area contributed by atoms with Gasteiger partial charge in [-0.15, -0.1) is 0 Å². The molecule has 54 valence electrons. The van der Waals surface area contributed by atoms with Crippen LogP contribution in [0.3, 0.4) is 0 Å². The lowest BCUT2D eigenvalue weighted by molar-refractivity contribution is -0.103. The maximum absolute atomic E-state index is 9.69. The summed E-state index contributed by atoms with van der Waals surface area (Å²) in [6, 6.07) is 0. The van der Waals surface area contributed by atoms with Crippen molar-refractivity contribution in [2.24, 2.45) is 0 Å². The SMILES string of the molecule is O=CC#C/C=C\SP(I)I. The summed E-state index contributed by atoms with van der Waals surface area (Å²) in [5, 5.41) is 1.90. The Balaban J connectivity index is 3.46. The lowest BCUT2D eigenvalue weighted by Gasteiger charge is -1.88. The average molecular weight is 396 g/mol. The van der Waals surface area contributed by atoms with E-state index in [4.69, 9.17) is 0 Å². The molecule has 0 heterocycles. The number of carbonyl (C=O) groups is 1. The monoisotopic (exact) mass is 396 g/mol. The maximum atomic E-state index is 9.69. The maximum Gasteiger partial charge on any atom is 0.193 e. The molecule has 0 aliphatic carbocycles. The number of hydrogen-bond acceptors (Lipinski definition) is 2. The normalized spacial score (nSPS) is 9.50. The summed E-state index contributed by atoms with van der Waals surface area (Å²) in [6.07, 6.45) is 2.28. The zero-order chi connectivity index (χ0) is 7.82. The van der Waals surface area contributed by atoms with Gasteiger partial charge >= 0.3 is 0 Å². The highest BCUT2D eigenvalue weighted by molar-refractivity contribution is 14.3. The highest BCUT2D eigenvalue weighted by Crippen LogP contribution is 2.65. The first-order valence-corrected chi connectivity index (χ1v) is 10.6. The molecule has 0 saturated heterocycles. The second-order valence-corrected chi connectivity index (χ2v) is 18.9. The first-order chi connectivity index (χ1) is 4.77. The molecule has 0 rings (SSSR count). The van der Waals surface area contributed by atoms with Crippen LogP contribution in [0.4, 0.5) is 0 Å². The summed E-state index contributed by atoms with van der Waals surface area (Å²) in [4.78, 5) is 9.69. The third kappa shape index (κ3) is 9.21. The van der Waals surface area contributed by atoms with Crippen molar-refractivity contribution in [3.05, 3.63) is 11.5 Å². The van der Waals surface area contributed by atoms with Crippen LogP contribution in [0.15, 0.2) is 11.5 Å². The molecule has 0 N–H and O–H groups in total. The highest BCUT2D eigenvalue weighted by Gasteiger charge is 1.89. The van der Waals surface area contributed by atoms with Crippen molar-refractivity contribution in [3.63, 3.8) is 0 Å². The van der Waals surface area contributed by atoms with Crippen molar-refractivity contribution in [1.82, 2.24) is 0 Å². The molecular formula is C5H3I2OPS. The van der Waals surface area contributed by atoms with Crippen LogP contribution in [-0.4, -0.2) is 6.29 Å². The predicted molar refractivity (Wildman–Crippen MR) is 65.5 cm³/mol. The van der Waals surface area contributed by atoms with Crippen molar-refractivity contribution in [1.29, 1.82) is 0 Å². The summed E-state index contributed by atoms with van der Waals surface area (Å²) in [7, 11) is 0. The molecule has 0 fully saturated rings. The Hall–Kier alpha value is 1.21. The lowest BCUT2D eigenvalue weighted by atomic mass is 10.6. The van der Waals surface area contributed by atoms with Crippen LogP contribution in [0, 0.1) is 11.8 Å². The van der Waals surface area contributed by atoms with Crippen LogP contribution in [-0.2, 0) is 4.79 Å². The molecule has 0 aliphatic rings. The summed E-state index contributed by atoms with van der Waals surface area (Å²) in [5.74, 6) is 4.87. The molecule has 0 atom stereocenters. The van der Waals surface area contributed by atoms with Gasteiger partial charge in [-0.25, -0.2) is 0 Å². The molecular weight excluding hydrogens is 393 g/mol. The molecule has 0 aromatic carbocycles. The fourth-order valence-electron chi connectivity index (χ4n) is 0.193. The number of hydrogen-bond donors (Lipinski definition) is 0. The Kier molecular flexibility index (Phi) is 9.31. The van der Waals surface area contributed by atoms with Crippen molar-refractivity contribution in [3.8, 4) is 11.8 Å². The van der Waals surface area contributed by atoms with E-state index in [1.807, 2.05) is 5.41 Å². The summed E-state index contributed by atoms with van der Waals surface area (Å²) in [5.41, 5.74) is 0. The van der Waals surface area contributed by atoms with Crippen molar-refractivity contribution in [2.75, 3.05) is 0 Å². The number of aldehydes is 1. The van der Waals surface area contributed by atoms with E-state index in [-0.39, 0.29) is 2.41 Å². The number of carbonyl (C=O) groups excluding carboxylic acids is 1. The molecule has 1 nitrogen and oxygen atoms in total. The van der Waals surface area contributed by atoms with Crippen molar-refractivity contribution >= 4 is 64.2 Å². The highest BCUT2D eigenvalue weighted by atomic mass is 127. The fourth-order valence-corrected chi connectivity index (χ4v) is 3.24. The molecule has 0 spiro atoms. The number of allylic oxidation sites excluding steroid dienone is 1. The van der Waals surface area contributed by atoms with E-state index >= 15 is 0 Å². The molecule has 0 bridgehead atoms.